The van der Waals surface area contributed by atoms with E-state index in [0.29, 0.717) is 5.69 Å². The number of anilines is 1. The van der Waals surface area contributed by atoms with Gasteiger partial charge < -0.3 is 10.1 Å². The van der Waals surface area contributed by atoms with Gasteiger partial charge in [-0.2, -0.15) is 5.10 Å². The van der Waals surface area contributed by atoms with Crippen molar-refractivity contribution in [3.63, 3.8) is 0 Å². The Kier molecular flexibility index (Phi) is 5.40. The molecular formula is C18H15N5O5. The fourth-order valence-corrected chi connectivity index (χ4v) is 2.35. The molecule has 0 aliphatic heterocycles. The van der Waals surface area contributed by atoms with E-state index in [-0.39, 0.29) is 16.9 Å². The third-order valence-electron chi connectivity index (χ3n) is 3.80. The molecule has 0 fully saturated rings. The predicted molar refractivity (Wildman–Crippen MR) is 98.0 cm³/mol. The molecule has 0 bridgehead atoms. The van der Waals surface area contributed by atoms with Crippen molar-refractivity contribution >= 4 is 23.3 Å². The highest BCUT2D eigenvalue weighted by Gasteiger charge is 2.22. The van der Waals surface area contributed by atoms with Crippen molar-refractivity contribution in [3.05, 3.63) is 76.9 Å². The number of hydrogen-bond acceptors (Lipinski definition) is 7. The molecule has 1 N–H and O–H groups in total. The maximum Gasteiger partial charge on any atom is 0.338 e. The van der Waals surface area contributed by atoms with Gasteiger partial charge in [-0.1, -0.05) is 12.1 Å². The van der Waals surface area contributed by atoms with Gasteiger partial charge in [-0.05, 0) is 37.3 Å². The predicted octanol–water partition coefficient (Wildman–Crippen LogP) is 2.36. The molecule has 1 amide bonds. The van der Waals surface area contributed by atoms with Gasteiger partial charge in [0.15, 0.2) is 6.10 Å². The summed E-state index contributed by atoms with van der Waals surface area (Å²) in [5, 5.41) is 17.4. The van der Waals surface area contributed by atoms with Crippen LogP contribution in [0.1, 0.15) is 17.3 Å². The summed E-state index contributed by atoms with van der Waals surface area (Å²) in [6, 6.07) is 12.1. The molecular weight excluding hydrogens is 366 g/mol. The van der Waals surface area contributed by atoms with Gasteiger partial charge in [-0.25, -0.2) is 14.5 Å². The molecule has 1 atom stereocenters. The van der Waals surface area contributed by atoms with Crippen molar-refractivity contribution in [2.24, 2.45) is 0 Å². The smallest absolute Gasteiger partial charge is 0.338 e. The summed E-state index contributed by atoms with van der Waals surface area (Å²) in [6.45, 7) is 1.38. The summed E-state index contributed by atoms with van der Waals surface area (Å²) in [6.07, 6.45) is 1.75. The van der Waals surface area contributed by atoms with E-state index >= 15 is 0 Å². The molecule has 0 aliphatic rings. The van der Waals surface area contributed by atoms with Gasteiger partial charge in [0.1, 0.15) is 18.3 Å². The second-order valence-corrected chi connectivity index (χ2v) is 5.70. The van der Waals surface area contributed by atoms with E-state index in [0.717, 1.165) is 0 Å². The number of esters is 1. The lowest BCUT2D eigenvalue weighted by Gasteiger charge is -2.13. The van der Waals surface area contributed by atoms with Crippen molar-refractivity contribution in [1.82, 2.24) is 14.8 Å². The second kappa shape index (κ2) is 8.08. The number of nitrogens with one attached hydrogen (secondary N) is 1. The minimum Gasteiger partial charge on any atom is -0.449 e. The summed E-state index contributed by atoms with van der Waals surface area (Å²) >= 11 is 0. The third-order valence-corrected chi connectivity index (χ3v) is 3.80. The molecule has 0 unspecified atom stereocenters. The van der Waals surface area contributed by atoms with E-state index in [2.05, 4.69) is 15.4 Å². The fourth-order valence-electron chi connectivity index (χ4n) is 2.35. The molecule has 142 valence electrons. The topological polar surface area (TPSA) is 129 Å². The average molecular weight is 381 g/mol. The van der Waals surface area contributed by atoms with Gasteiger partial charge >= 0.3 is 5.97 Å². The van der Waals surface area contributed by atoms with E-state index in [1.165, 1.54) is 54.6 Å². The van der Waals surface area contributed by atoms with Crippen molar-refractivity contribution in [2.75, 3.05) is 5.32 Å². The quantitative estimate of drug-likeness (QED) is 0.394. The number of hydrogen-bond donors (Lipinski definition) is 1. The first-order valence-electron chi connectivity index (χ1n) is 8.16. The lowest BCUT2D eigenvalue weighted by molar-refractivity contribution is -0.383. The summed E-state index contributed by atoms with van der Waals surface area (Å²) < 4.78 is 6.67. The molecule has 3 aromatic rings. The Balaban J connectivity index is 1.64. The van der Waals surface area contributed by atoms with E-state index < -0.39 is 22.9 Å². The molecule has 2 aromatic carbocycles. The van der Waals surface area contributed by atoms with Crippen LogP contribution in [0, 0.1) is 10.1 Å². The van der Waals surface area contributed by atoms with Crippen molar-refractivity contribution in [3.8, 4) is 5.69 Å². The summed E-state index contributed by atoms with van der Waals surface area (Å²) in [7, 11) is 0. The Morgan fingerprint density at radius 3 is 2.54 bits per heavy atom. The number of nitro benzene ring substituents is 1. The molecule has 0 spiro atoms. The molecule has 0 aliphatic carbocycles. The number of aromatic nitrogens is 3. The summed E-state index contributed by atoms with van der Waals surface area (Å²) in [5.41, 5.74) is 0.723. The van der Waals surface area contributed by atoms with Crippen LogP contribution >= 0.6 is 0 Å². The molecule has 0 saturated heterocycles. The van der Waals surface area contributed by atoms with Crippen LogP contribution in [0.3, 0.4) is 0 Å². The van der Waals surface area contributed by atoms with E-state index in [1.54, 1.807) is 18.2 Å². The fraction of sp³-hybridized carbons (Fsp3) is 0.111. The zero-order chi connectivity index (χ0) is 20.1. The Labute approximate surface area is 158 Å². The molecule has 10 heteroatoms. The minimum absolute atomic E-state index is 0.0255. The van der Waals surface area contributed by atoms with Gasteiger partial charge in [0, 0.05) is 6.07 Å². The Morgan fingerprint density at radius 2 is 1.89 bits per heavy atom. The third kappa shape index (κ3) is 4.18. The zero-order valence-electron chi connectivity index (χ0n) is 14.7. The molecule has 1 aromatic heterocycles. The highest BCUT2D eigenvalue weighted by Crippen LogP contribution is 2.23. The average Bonchev–Trinajstić information content (AvgIpc) is 3.23. The number of nitrogens with zero attached hydrogens (tertiary/aromatic N) is 4. The SMILES string of the molecule is C[C@H](OC(=O)c1ccc(-n2cncn2)cc1)C(=O)Nc1ccccc1[N+](=O)[O-]. The van der Waals surface area contributed by atoms with E-state index in [1.807, 2.05) is 0 Å². The first-order valence-corrected chi connectivity index (χ1v) is 8.16. The summed E-state index contributed by atoms with van der Waals surface area (Å²) in [5.74, 6) is -1.38. The lowest BCUT2D eigenvalue weighted by atomic mass is 10.2. The molecule has 0 saturated carbocycles. The second-order valence-electron chi connectivity index (χ2n) is 5.70. The highest BCUT2D eigenvalue weighted by molar-refractivity contribution is 5.98. The van der Waals surface area contributed by atoms with E-state index in [4.69, 9.17) is 4.74 Å². The molecule has 10 nitrogen and oxygen atoms in total. The Hall–Kier alpha value is -4.08. The minimum atomic E-state index is -1.15. The van der Waals surface area contributed by atoms with Crippen LogP contribution in [0.15, 0.2) is 61.2 Å². The van der Waals surface area contributed by atoms with Crippen LogP contribution in [0.25, 0.3) is 5.69 Å². The normalized spacial score (nSPS) is 11.5. The number of ether oxygens (including phenoxy) is 1. The first-order chi connectivity index (χ1) is 13.5. The monoisotopic (exact) mass is 381 g/mol. The highest BCUT2D eigenvalue weighted by atomic mass is 16.6. The van der Waals surface area contributed by atoms with Crippen LogP contribution < -0.4 is 5.32 Å². The van der Waals surface area contributed by atoms with E-state index in [9.17, 15) is 19.7 Å². The largest absolute Gasteiger partial charge is 0.449 e. The van der Waals surface area contributed by atoms with Gasteiger partial charge in [-0.15, -0.1) is 0 Å². The first kappa shape index (κ1) is 18.7. The molecule has 3 rings (SSSR count). The van der Waals surface area contributed by atoms with Gasteiger partial charge in [0.05, 0.1) is 16.2 Å². The number of rotatable bonds is 6. The Morgan fingerprint density at radius 1 is 1.18 bits per heavy atom. The number of carbonyl (C=O) groups is 2. The maximum atomic E-state index is 12.2. The maximum absolute atomic E-state index is 12.2. The van der Waals surface area contributed by atoms with Crippen molar-refractivity contribution in [1.29, 1.82) is 0 Å². The van der Waals surface area contributed by atoms with Gasteiger partial charge in [0.2, 0.25) is 0 Å². The van der Waals surface area contributed by atoms with Gasteiger partial charge in [-0.3, -0.25) is 14.9 Å². The van der Waals surface area contributed by atoms with Crippen molar-refractivity contribution < 1.29 is 19.2 Å². The standard InChI is InChI=1S/C18H15N5O5/c1-12(17(24)21-15-4-2-3-5-16(15)23(26)27)28-18(25)13-6-8-14(9-7-13)22-11-19-10-20-22/h2-12H,1H3,(H,21,24)/t12-/m0/s1. The number of benzene rings is 2. The Bertz CT molecular complexity index is 1000. The van der Waals surface area contributed by atoms with Gasteiger partial charge in [0.25, 0.3) is 11.6 Å². The molecule has 0 radical (unpaired) electrons. The lowest BCUT2D eigenvalue weighted by Crippen LogP contribution is -2.30. The van der Waals surface area contributed by atoms with Crippen molar-refractivity contribution in [2.45, 2.75) is 13.0 Å². The van der Waals surface area contributed by atoms with Crippen LogP contribution in [-0.2, 0) is 9.53 Å². The van der Waals surface area contributed by atoms with Crippen LogP contribution in [0.5, 0.6) is 0 Å². The van der Waals surface area contributed by atoms with Crippen LogP contribution in [-0.4, -0.2) is 37.7 Å². The zero-order valence-corrected chi connectivity index (χ0v) is 14.7. The summed E-state index contributed by atoms with van der Waals surface area (Å²) in [4.78, 5) is 38.7. The number of amides is 1. The number of carbonyl (C=O) groups excluding carboxylic acids is 2. The van der Waals surface area contributed by atoms with Crippen LogP contribution in [0.2, 0.25) is 0 Å². The van der Waals surface area contributed by atoms with Crippen LogP contribution in [0.4, 0.5) is 11.4 Å². The molecule has 1 heterocycles. The number of para-hydroxylation sites is 2. The number of nitro groups is 1. The molecule has 28 heavy (non-hydrogen) atoms.